The highest BCUT2D eigenvalue weighted by Gasteiger charge is 2.51. The van der Waals surface area contributed by atoms with Crippen LogP contribution in [0.2, 0.25) is 0 Å². The van der Waals surface area contributed by atoms with Crippen LogP contribution in [0.3, 0.4) is 0 Å². The molecule has 1 aromatic carbocycles. The lowest BCUT2D eigenvalue weighted by Gasteiger charge is -2.19. The largest absolute Gasteiger partial charge is 0.495 e. The first-order valence-corrected chi connectivity index (χ1v) is 7.97. The number of nitrogens with one attached hydrogen (secondary N) is 2. The van der Waals surface area contributed by atoms with Gasteiger partial charge in [-0.25, -0.2) is 4.79 Å². The topological polar surface area (TPSA) is 101 Å². The van der Waals surface area contributed by atoms with Crippen LogP contribution in [0.25, 0.3) is 0 Å². The summed E-state index contributed by atoms with van der Waals surface area (Å²) in [5.74, 6) is -0.273. The average Bonchev–Trinajstić information content (AvgIpc) is 3.20. The van der Waals surface area contributed by atoms with Crippen LogP contribution in [-0.2, 0) is 15.1 Å². The van der Waals surface area contributed by atoms with E-state index in [1.807, 2.05) is 13.0 Å². The van der Waals surface area contributed by atoms with Gasteiger partial charge >= 0.3 is 6.03 Å². The van der Waals surface area contributed by atoms with Crippen molar-refractivity contribution < 1.29 is 23.5 Å². The Labute approximate surface area is 150 Å². The lowest BCUT2D eigenvalue weighted by molar-refractivity contribution is -0.134. The number of ether oxygens (including phenoxy) is 1. The van der Waals surface area contributed by atoms with E-state index >= 15 is 0 Å². The van der Waals surface area contributed by atoms with Crippen molar-refractivity contribution in [3.63, 3.8) is 0 Å². The van der Waals surface area contributed by atoms with Crippen molar-refractivity contribution in [1.82, 2.24) is 10.2 Å². The molecule has 2 aromatic rings. The molecule has 0 unspecified atom stereocenters. The molecule has 8 nitrogen and oxygen atoms in total. The average molecular weight is 357 g/mol. The van der Waals surface area contributed by atoms with E-state index in [4.69, 9.17) is 9.15 Å². The zero-order valence-electron chi connectivity index (χ0n) is 14.7. The van der Waals surface area contributed by atoms with Crippen LogP contribution >= 0.6 is 0 Å². The molecular weight excluding hydrogens is 338 g/mol. The Morgan fingerprint density at radius 1 is 1.35 bits per heavy atom. The number of hydrogen-bond donors (Lipinski definition) is 2. The fraction of sp³-hybridized carbons (Fsp3) is 0.278. The zero-order chi connectivity index (χ0) is 18.9. The Morgan fingerprint density at radius 2 is 2.12 bits per heavy atom. The number of carbonyl (C=O) groups excluding carboxylic acids is 3. The molecule has 1 aliphatic rings. The number of furan rings is 1. The number of carbonyl (C=O) groups is 3. The van der Waals surface area contributed by atoms with E-state index in [1.165, 1.54) is 20.3 Å². The predicted molar refractivity (Wildman–Crippen MR) is 92.7 cm³/mol. The fourth-order valence-corrected chi connectivity index (χ4v) is 2.82. The van der Waals surface area contributed by atoms with Crippen molar-refractivity contribution in [3.05, 3.63) is 47.9 Å². The van der Waals surface area contributed by atoms with Crippen molar-refractivity contribution in [2.24, 2.45) is 0 Å². The first-order chi connectivity index (χ1) is 12.3. The van der Waals surface area contributed by atoms with Gasteiger partial charge in [0.25, 0.3) is 5.91 Å². The Bertz CT molecular complexity index is 862. The summed E-state index contributed by atoms with van der Waals surface area (Å²) in [6, 6.07) is 7.89. The Morgan fingerprint density at radius 3 is 2.77 bits per heavy atom. The summed E-state index contributed by atoms with van der Waals surface area (Å²) < 4.78 is 10.5. The number of methoxy groups -OCH3 is 1. The molecule has 0 aliphatic carbocycles. The van der Waals surface area contributed by atoms with E-state index in [0.29, 0.717) is 17.2 Å². The van der Waals surface area contributed by atoms with Gasteiger partial charge in [0, 0.05) is 0 Å². The number of imide groups is 1. The minimum Gasteiger partial charge on any atom is -0.495 e. The molecular formula is C18H19N3O5. The van der Waals surface area contributed by atoms with Gasteiger partial charge in [-0.3, -0.25) is 14.5 Å². The van der Waals surface area contributed by atoms with Crippen LogP contribution in [0.5, 0.6) is 5.75 Å². The van der Waals surface area contributed by atoms with Crippen LogP contribution < -0.4 is 15.4 Å². The summed E-state index contributed by atoms with van der Waals surface area (Å²) in [6.45, 7) is 2.99. The van der Waals surface area contributed by atoms with E-state index in [0.717, 1.165) is 10.5 Å². The lowest BCUT2D eigenvalue weighted by atomic mass is 9.99. The van der Waals surface area contributed by atoms with E-state index < -0.39 is 29.9 Å². The summed E-state index contributed by atoms with van der Waals surface area (Å²) in [7, 11) is 1.49. The Hall–Kier alpha value is -3.29. The van der Waals surface area contributed by atoms with E-state index in [-0.39, 0.29) is 0 Å². The third kappa shape index (κ3) is 3.01. The van der Waals surface area contributed by atoms with E-state index in [1.54, 1.807) is 24.3 Å². The molecule has 1 aromatic heterocycles. The molecule has 0 bridgehead atoms. The molecule has 0 spiro atoms. The van der Waals surface area contributed by atoms with Gasteiger partial charge in [-0.05, 0) is 43.7 Å². The van der Waals surface area contributed by atoms with Gasteiger partial charge in [0.15, 0.2) is 5.54 Å². The highest BCUT2D eigenvalue weighted by Crippen LogP contribution is 2.29. The van der Waals surface area contributed by atoms with Crippen LogP contribution in [0.15, 0.2) is 41.0 Å². The van der Waals surface area contributed by atoms with Gasteiger partial charge in [0.2, 0.25) is 5.91 Å². The molecule has 1 saturated heterocycles. The molecule has 136 valence electrons. The molecule has 8 heteroatoms. The molecule has 2 heterocycles. The van der Waals surface area contributed by atoms with E-state index in [2.05, 4.69) is 10.6 Å². The number of benzene rings is 1. The molecule has 26 heavy (non-hydrogen) atoms. The number of hydrogen-bond acceptors (Lipinski definition) is 5. The molecule has 2 N–H and O–H groups in total. The predicted octanol–water partition coefficient (Wildman–Crippen LogP) is 2.00. The monoisotopic (exact) mass is 357 g/mol. The highest BCUT2D eigenvalue weighted by molar-refractivity contribution is 6.10. The number of amides is 4. The normalized spacial score (nSPS) is 19.4. The summed E-state index contributed by atoms with van der Waals surface area (Å²) in [6.07, 6.45) is 1.42. The van der Waals surface area contributed by atoms with Gasteiger partial charge in [-0.1, -0.05) is 6.07 Å². The van der Waals surface area contributed by atoms with Crippen LogP contribution in [0, 0.1) is 6.92 Å². The number of urea groups is 1. The molecule has 4 amide bonds. The first-order valence-electron chi connectivity index (χ1n) is 7.97. The van der Waals surface area contributed by atoms with Gasteiger partial charge in [0.1, 0.15) is 18.1 Å². The second-order valence-corrected chi connectivity index (χ2v) is 6.18. The lowest BCUT2D eigenvalue weighted by Crippen LogP contribution is -2.41. The SMILES string of the molecule is COc1ccc(C)cc1NC(=O)CN1C(=O)N[C@](C)(c2ccco2)C1=O. The summed E-state index contributed by atoms with van der Waals surface area (Å²) >= 11 is 0. The number of anilines is 1. The van der Waals surface area contributed by atoms with Crippen LogP contribution in [0.1, 0.15) is 18.2 Å². The van der Waals surface area contributed by atoms with Crippen LogP contribution in [-0.4, -0.2) is 36.4 Å². The zero-order valence-corrected chi connectivity index (χ0v) is 14.7. The molecule has 0 radical (unpaired) electrons. The summed E-state index contributed by atoms with van der Waals surface area (Å²) in [5.41, 5.74) is 0.0712. The third-order valence-corrected chi connectivity index (χ3v) is 4.22. The van der Waals surface area contributed by atoms with Crippen molar-refractivity contribution in [3.8, 4) is 5.75 Å². The summed E-state index contributed by atoms with van der Waals surface area (Å²) in [4.78, 5) is 38.1. The smallest absolute Gasteiger partial charge is 0.325 e. The Kier molecular flexibility index (Phi) is 4.41. The first kappa shape index (κ1) is 17.5. The second-order valence-electron chi connectivity index (χ2n) is 6.18. The van der Waals surface area contributed by atoms with Crippen molar-refractivity contribution in [1.29, 1.82) is 0 Å². The molecule has 0 saturated carbocycles. The maximum Gasteiger partial charge on any atom is 0.325 e. The standard InChI is InChI=1S/C18H19N3O5/c1-11-6-7-13(25-3)12(9-11)19-15(22)10-21-16(23)18(2,20-17(21)24)14-5-4-8-26-14/h4-9H,10H2,1-3H3,(H,19,22)(H,20,24)/t18-/m1/s1. The minimum atomic E-state index is -1.33. The fourth-order valence-electron chi connectivity index (χ4n) is 2.82. The minimum absolute atomic E-state index is 0.305. The van der Waals surface area contributed by atoms with Crippen molar-refractivity contribution in [2.75, 3.05) is 19.0 Å². The van der Waals surface area contributed by atoms with Crippen molar-refractivity contribution >= 4 is 23.5 Å². The molecule has 3 rings (SSSR count). The van der Waals surface area contributed by atoms with Crippen LogP contribution in [0.4, 0.5) is 10.5 Å². The molecule has 1 atom stereocenters. The number of rotatable bonds is 5. The van der Waals surface area contributed by atoms with Gasteiger partial charge in [-0.15, -0.1) is 0 Å². The van der Waals surface area contributed by atoms with Gasteiger partial charge < -0.3 is 19.8 Å². The van der Waals surface area contributed by atoms with Crippen molar-refractivity contribution in [2.45, 2.75) is 19.4 Å². The van der Waals surface area contributed by atoms with Gasteiger partial charge in [0.05, 0.1) is 19.1 Å². The highest BCUT2D eigenvalue weighted by atomic mass is 16.5. The summed E-state index contributed by atoms with van der Waals surface area (Å²) in [5, 5.41) is 5.24. The third-order valence-electron chi connectivity index (χ3n) is 4.22. The quantitative estimate of drug-likeness (QED) is 0.797. The molecule has 1 fully saturated rings. The Balaban J connectivity index is 1.75. The maximum atomic E-state index is 12.7. The van der Waals surface area contributed by atoms with E-state index in [9.17, 15) is 14.4 Å². The van der Waals surface area contributed by atoms with Gasteiger partial charge in [-0.2, -0.15) is 0 Å². The number of nitrogens with zero attached hydrogens (tertiary/aromatic N) is 1. The second kappa shape index (κ2) is 6.55. The number of aryl methyl sites for hydroxylation is 1. The maximum absolute atomic E-state index is 12.7. The molecule has 1 aliphatic heterocycles.